The Morgan fingerprint density at radius 3 is 2.71 bits per heavy atom. The molecule has 0 unspecified atom stereocenters. The Labute approximate surface area is 123 Å². The van der Waals surface area contributed by atoms with Gasteiger partial charge in [-0.2, -0.15) is 0 Å². The number of carbonyl (C=O) groups is 1. The number of benzene rings is 1. The van der Waals surface area contributed by atoms with Crippen molar-refractivity contribution in [1.29, 1.82) is 0 Å². The van der Waals surface area contributed by atoms with Crippen LogP contribution in [0, 0.1) is 0 Å². The van der Waals surface area contributed by atoms with Crippen molar-refractivity contribution in [3.63, 3.8) is 0 Å². The van der Waals surface area contributed by atoms with Gasteiger partial charge in [0.15, 0.2) is 17.6 Å². The van der Waals surface area contributed by atoms with E-state index in [1.165, 1.54) is 0 Å². The highest BCUT2D eigenvalue weighted by Crippen LogP contribution is 2.30. The number of hydrogen-bond acceptors (Lipinski definition) is 4. The third-order valence-corrected chi connectivity index (χ3v) is 3.32. The first-order chi connectivity index (χ1) is 10.2. The molecule has 1 aromatic heterocycles. The van der Waals surface area contributed by atoms with E-state index in [1.54, 1.807) is 36.5 Å². The number of amides is 1. The zero-order chi connectivity index (χ0) is 14.7. The van der Waals surface area contributed by atoms with Crippen molar-refractivity contribution in [2.24, 2.45) is 0 Å². The van der Waals surface area contributed by atoms with Crippen LogP contribution in [0.25, 0.3) is 0 Å². The zero-order valence-electron chi connectivity index (χ0n) is 11.7. The first-order valence-electron chi connectivity index (χ1n) is 6.78. The van der Waals surface area contributed by atoms with E-state index in [9.17, 15) is 4.79 Å². The number of ether oxygens (including phenoxy) is 2. The van der Waals surface area contributed by atoms with E-state index in [0.29, 0.717) is 18.7 Å². The maximum absolute atomic E-state index is 12.3. The van der Waals surface area contributed by atoms with Crippen LogP contribution in [0.1, 0.15) is 10.4 Å². The lowest BCUT2D eigenvalue weighted by molar-refractivity contribution is 0.0521. The van der Waals surface area contributed by atoms with Gasteiger partial charge in [0, 0.05) is 25.0 Å². The van der Waals surface area contributed by atoms with Gasteiger partial charge in [0.1, 0.15) is 6.61 Å². The molecule has 1 aliphatic rings. The molecular weight excluding hydrogens is 268 g/mol. The molecule has 0 N–H and O–H groups in total. The summed E-state index contributed by atoms with van der Waals surface area (Å²) in [5.74, 6) is 1.41. The average Bonchev–Trinajstić information content (AvgIpc) is 2.55. The molecule has 0 aliphatic carbocycles. The van der Waals surface area contributed by atoms with E-state index in [4.69, 9.17) is 9.47 Å². The summed E-state index contributed by atoms with van der Waals surface area (Å²) < 4.78 is 11.5. The molecule has 1 aliphatic heterocycles. The maximum atomic E-state index is 12.3. The molecule has 2 aromatic rings. The molecule has 0 fully saturated rings. The molecule has 5 nitrogen and oxygen atoms in total. The Morgan fingerprint density at radius 2 is 1.95 bits per heavy atom. The highest BCUT2D eigenvalue weighted by molar-refractivity contribution is 5.93. The van der Waals surface area contributed by atoms with Crippen molar-refractivity contribution in [2.75, 3.05) is 20.2 Å². The van der Waals surface area contributed by atoms with Crippen LogP contribution in [0.4, 0.5) is 0 Å². The molecule has 0 saturated carbocycles. The molecule has 5 heteroatoms. The predicted molar refractivity (Wildman–Crippen MR) is 77.6 cm³/mol. The standard InChI is InChI=1S/C16H16N2O3/c1-18(16(19)12-6-8-17-9-7-12)10-13-11-20-14-4-2-3-5-15(14)21-13/h2-9,13H,10-11H2,1H3/t13-/m1/s1. The van der Waals surface area contributed by atoms with Gasteiger partial charge in [-0.3, -0.25) is 9.78 Å². The lowest BCUT2D eigenvalue weighted by Crippen LogP contribution is -2.41. The summed E-state index contributed by atoms with van der Waals surface area (Å²) in [6.45, 7) is 0.903. The second kappa shape index (κ2) is 5.83. The molecule has 1 aromatic carbocycles. The molecule has 0 saturated heterocycles. The first kappa shape index (κ1) is 13.4. The predicted octanol–water partition coefficient (Wildman–Crippen LogP) is 1.99. The summed E-state index contributed by atoms with van der Waals surface area (Å²) in [7, 11) is 1.76. The molecule has 3 rings (SSSR count). The molecule has 2 heterocycles. The van der Waals surface area contributed by atoms with Gasteiger partial charge in [-0.25, -0.2) is 0 Å². The van der Waals surface area contributed by atoms with Crippen molar-refractivity contribution >= 4 is 5.91 Å². The average molecular weight is 284 g/mol. The van der Waals surface area contributed by atoms with E-state index >= 15 is 0 Å². The highest BCUT2D eigenvalue weighted by Gasteiger charge is 2.24. The minimum atomic E-state index is -0.171. The van der Waals surface area contributed by atoms with E-state index in [1.807, 2.05) is 24.3 Å². The number of rotatable bonds is 3. The van der Waals surface area contributed by atoms with Crippen molar-refractivity contribution < 1.29 is 14.3 Å². The summed E-state index contributed by atoms with van der Waals surface area (Å²) in [4.78, 5) is 17.8. The summed E-state index contributed by atoms with van der Waals surface area (Å²) in [6.07, 6.45) is 3.05. The van der Waals surface area contributed by atoms with Gasteiger partial charge in [0.25, 0.3) is 5.91 Å². The summed E-state index contributed by atoms with van der Waals surface area (Å²) in [5.41, 5.74) is 0.615. The first-order valence-corrected chi connectivity index (χ1v) is 6.78. The van der Waals surface area contributed by atoms with E-state index < -0.39 is 0 Å². The van der Waals surface area contributed by atoms with Crippen LogP contribution in [0.3, 0.4) is 0 Å². The SMILES string of the molecule is CN(C[C@@H]1COc2ccccc2O1)C(=O)c1ccncc1. The fourth-order valence-corrected chi connectivity index (χ4v) is 2.26. The van der Waals surface area contributed by atoms with Crippen LogP contribution in [0.5, 0.6) is 11.5 Å². The van der Waals surface area contributed by atoms with Gasteiger partial charge < -0.3 is 14.4 Å². The number of fused-ring (bicyclic) bond motifs is 1. The number of likely N-dealkylation sites (N-methyl/N-ethyl adjacent to an activating group) is 1. The van der Waals surface area contributed by atoms with Crippen LogP contribution >= 0.6 is 0 Å². The molecule has 0 radical (unpaired) electrons. The third kappa shape index (κ3) is 2.97. The third-order valence-electron chi connectivity index (χ3n) is 3.32. The van der Waals surface area contributed by atoms with Gasteiger partial charge in [0.2, 0.25) is 0 Å². The largest absolute Gasteiger partial charge is 0.486 e. The number of nitrogens with zero attached hydrogens (tertiary/aromatic N) is 2. The Balaban J connectivity index is 1.64. The smallest absolute Gasteiger partial charge is 0.253 e. The molecular formula is C16H16N2O3. The second-order valence-electron chi connectivity index (χ2n) is 4.92. The summed E-state index contributed by atoms with van der Waals surface area (Å²) in [6, 6.07) is 10.9. The van der Waals surface area contributed by atoms with Crippen LogP contribution in [-0.4, -0.2) is 42.1 Å². The number of pyridine rings is 1. The number of aromatic nitrogens is 1. The van der Waals surface area contributed by atoms with Crippen molar-refractivity contribution in [3.05, 3.63) is 54.4 Å². The molecule has 108 valence electrons. The van der Waals surface area contributed by atoms with Gasteiger partial charge >= 0.3 is 0 Å². The number of hydrogen-bond donors (Lipinski definition) is 0. The Bertz CT molecular complexity index is 630. The Hall–Kier alpha value is -2.56. The maximum Gasteiger partial charge on any atom is 0.253 e. The van der Waals surface area contributed by atoms with E-state index in [0.717, 1.165) is 11.5 Å². The zero-order valence-corrected chi connectivity index (χ0v) is 11.7. The van der Waals surface area contributed by atoms with Gasteiger partial charge in [-0.15, -0.1) is 0 Å². The van der Waals surface area contributed by atoms with Gasteiger partial charge in [-0.05, 0) is 24.3 Å². The van der Waals surface area contributed by atoms with Crippen molar-refractivity contribution in [1.82, 2.24) is 9.88 Å². The fraction of sp³-hybridized carbons (Fsp3) is 0.250. The highest BCUT2D eigenvalue weighted by atomic mass is 16.6. The summed E-state index contributed by atoms with van der Waals surface area (Å²) in [5, 5.41) is 0. The minimum Gasteiger partial charge on any atom is -0.486 e. The van der Waals surface area contributed by atoms with Gasteiger partial charge in [-0.1, -0.05) is 12.1 Å². The Morgan fingerprint density at radius 1 is 1.24 bits per heavy atom. The second-order valence-corrected chi connectivity index (χ2v) is 4.92. The minimum absolute atomic E-state index is 0.0557. The lowest BCUT2D eigenvalue weighted by Gasteiger charge is -2.29. The monoisotopic (exact) mass is 284 g/mol. The topological polar surface area (TPSA) is 51.7 Å². The summed E-state index contributed by atoms with van der Waals surface area (Å²) >= 11 is 0. The number of para-hydroxylation sites is 2. The molecule has 1 atom stereocenters. The number of carbonyl (C=O) groups excluding carboxylic acids is 1. The normalized spacial score (nSPS) is 16.3. The Kier molecular flexibility index (Phi) is 3.73. The van der Waals surface area contributed by atoms with E-state index in [2.05, 4.69) is 4.98 Å². The van der Waals surface area contributed by atoms with Crippen LogP contribution in [0.15, 0.2) is 48.8 Å². The van der Waals surface area contributed by atoms with Crippen molar-refractivity contribution in [2.45, 2.75) is 6.10 Å². The quantitative estimate of drug-likeness (QED) is 0.865. The van der Waals surface area contributed by atoms with Gasteiger partial charge in [0.05, 0.1) is 6.54 Å². The molecule has 21 heavy (non-hydrogen) atoms. The van der Waals surface area contributed by atoms with Crippen LogP contribution in [-0.2, 0) is 0 Å². The lowest BCUT2D eigenvalue weighted by atomic mass is 10.2. The fourth-order valence-electron chi connectivity index (χ4n) is 2.26. The van der Waals surface area contributed by atoms with E-state index in [-0.39, 0.29) is 12.0 Å². The molecule has 1 amide bonds. The molecule has 0 bridgehead atoms. The van der Waals surface area contributed by atoms with Crippen LogP contribution < -0.4 is 9.47 Å². The van der Waals surface area contributed by atoms with Crippen LogP contribution in [0.2, 0.25) is 0 Å². The molecule has 0 spiro atoms. The van der Waals surface area contributed by atoms with Crippen molar-refractivity contribution in [3.8, 4) is 11.5 Å².